The normalized spacial score (nSPS) is 9.79. The molecular formula is C48H56N8. The number of aryl methyl sites for hydroxylation is 12. The first kappa shape index (κ1) is 44.1. The zero-order valence-electron chi connectivity index (χ0n) is 35.1. The zero-order chi connectivity index (χ0) is 41.0. The topological polar surface area (TPSA) is 103 Å². The summed E-state index contributed by atoms with van der Waals surface area (Å²) in [7, 11) is 0. The predicted octanol–water partition coefficient (Wildman–Crippen LogP) is 11.3. The van der Waals surface area contributed by atoms with E-state index in [0.717, 1.165) is 50.8 Å². The number of rotatable bonds is 0. The summed E-state index contributed by atoms with van der Waals surface area (Å²) < 4.78 is 0. The molecule has 0 radical (unpaired) electrons. The molecule has 2 aromatic carbocycles. The zero-order valence-corrected chi connectivity index (χ0v) is 35.1. The predicted molar refractivity (Wildman–Crippen MR) is 233 cm³/mol. The van der Waals surface area contributed by atoms with Gasteiger partial charge < -0.3 is 0 Å². The van der Waals surface area contributed by atoms with E-state index in [9.17, 15) is 0 Å². The molecule has 8 nitrogen and oxygen atoms in total. The molecule has 0 saturated carbocycles. The smallest absolute Gasteiger partial charge is 0.125 e. The first-order valence-electron chi connectivity index (χ1n) is 18.7. The van der Waals surface area contributed by atoms with Gasteiger partial charge in [0, 0.05) is 71.0 Å². The van der Waals surface area contributed by atoms with Crippen LogP contribution >= 0.6 is 0 Å². The van der Waals surface area contributed by atoms with Gasteiger partial charge in [0.05, 0.1) is 16.6 Å². The van der Waals surface area contributed by atoms with Crippen molar-refractivity contribution in [3.05, 3.63) is 190 Å². The van der Waals surface area contributed by atoms with Crippen LogP contribution in [0.3, 0.4) is 0 Å². The molecule has 8 aromatic rings. The highest BCUT2D eigenvalue weighted by atomic mass is 14.9. The molecule has 6 aromatic heterocycles. The van der Waals surface area contributed by atoms with E-state index in [2.05, 4.69) is 124 Å². The van der Waals surface area contributed by atoms with Gasteiger partial charge in [-0.15, -0.1) is 0 Å². The van der Waals surface area contributed by atoms with Gasteiger partial charge in [-0.2, -0.15) is 0 Å². The van der Waals surface area contributed by atoms with Crippen LogP contribution in [0.1, 0.15) is 67.7 Å². The lowest BCUT2D eigenvalue weighted by atomic mass is 10.1. The quantitative estimate of drug-likeness (QED) is 0.151. The Hall–Kier alpha value is -6.28. The van der Waals surface area contributed by atoms with Gasteiger partial charge in [0.1, 0.15) is 5.82 Å². The lowest BCUT2D eigenvalue weighted by molar-refractivity contribution is 1.01. The second kappa shape index (κ2) is 22.8. The summed E-state index contributed by atoms with van der Waals surface area (Å²) in [5.41, 5.74) is 16.0. The van der Waals surface area contributed by atoms with Crippen molar-refractivity contribution in [3.63, 3.8) is 0 Å². The van der Waals surface area contributed by atoms with E-state index in [1.54, 1.807) is 18.6 Å². The fourth-order valence-electron chi connectivity index (χ4n) is 5.29. The minimum absolute atomic E-state index is 0.838. The van der Waals surface area contributed by atoms with Gasteiger partial charge in [-0.25, -0.2) is 9.97 Å². The third-order valence-corrected chi connectivity index (χ3v) is 8.48. The van der Waals surface area contributed by atoms with Crippen molar-refractivity contribution >= 4 is 21.9 Å². The molecule has 288 valence electrons. The van der Waals surface area contributed by atoms with Crippen molar-refractivity contribution < 1.29 is 0 Å². The Balaban J connectivity index is 0.000000182. The maximum Gasteiger partial charge on any atom is 0.125 e. The van der Waals surface area contributed by atoms with Crippen molar-refractivity contribution in [2.24, 2.45) is 0 Å². The molecule has 56 heavy (non-hydrogen) atoms. The van der Waals surface area contributed by atoms with E-state index in [4.69, 9.17) is 0 Å². The lowest BCUT2D eigenvalue weighted by Gasteiger charge is -2.02. The van der Waals surface area contributed by atoms with Gasteiger partial charge in [0.2, 0.25) is 0 Å². The largest absolute Gasteiger partial charge is 0.262 e. The highest BCUT2D eigenvalue weighted by Crippen LogP contribution is 2.19. The van der Waals surface area contributed by atoms with E-state index in [-0.39, 0.29) is 0 Å². The average Bonchev–Trinajstić information content (AvgIpc) is 3.17. The molecule has 0 amide bonds. The summed E-state index contributed by atoms with van der Waals surface area (Å²) in [5, 5.41) is 1.26. The summed E-state index contributed by atoms with van der Waals surface area (Å²) in [6.07, 6.45) is 10.7. The highest BCUT2D eigenvalue weighted by molar-refractivity contribution is 5.84. The standard InChI is InChI=1S/C11H11N.C10H10N2.3C7H9N.C6H8N2/c1-8-5-6-9(2)11-10(8)4-3-7-12-11;1-7-3-4-8(2)10-9(7)11-5-6-12-10;1-6-3-4-8-7(2)5-6;1-6-4-3-5-8-7(6)2;1-6-4-3-5-7(2)8-6;1-5-3-4-7-6(2)8-5/h3-7H,1-2H3;3-6H,1-2H3;3*3-5H,1-2H3;3-4H,1-2H3. The summed E-state index contributed by atoms with van der Waals surface area (Å²) >= 11 is 0. The molecule has 0 spiro atoms. The van der Waals surface area contributed by atoms with Crippen LogP contribution in [0.5, 0.6) is 0 Å². The summed E-state index contributed by atoms with van der Waals surface area (Å²) in [5.74, 6) is 0.838. The molecule has 0 saturated heterocycles. The maximum atomic E-state index is 4.34. The molecule has 0 aliphatic rings. The van der Waals surface area contributed by atoms with Crippen LogP contribution < -0.4 is 0 Å². The Labute approximate surface area is 333 Å². The lowest BCUT2D eigenvalue weighted by Crippen LogP contribution is -1.88. The van der Waals surface area contributed by atoms with Crippen molar-refractivity contribution in [2.75, 3.05) is 0 Å². The number of hydrogen-bond donors (Lipinski definition) is 0. The summed E-state index contributed by atoms with van der Waals surface area (Å²) in [4.78, 5) is 33.2. The average molecular weight is 745 g/mol. The first-order chi connectivity index (χ1) is 26.7. The monoisotopic (exact) mass is 744 g/mol. The number of aromatic nitrogens is 8. The second-order valence-electron chi connectivity index (χ2n) is 13.6. The number of pyridine rings is 4. The second-order valence-corrected chi connectivity index (χ2v) is 13.6. The van der Waals surface area contributed by atoms with Gasteiger partial charge in [0.25, 0.3) is 0 Å². The van der Waals surface area contributed by atoms with Crippen LogP contribution in [0.2, 0.25) is 0 Å². The van der Waals surface area contributed by atoms with E-state index < -0.39 is 0 Å². The van der Waals surface area contributed by atoms with Crippen molar-refractivity contribution in [3.8, 4) is 0 Å². The van der Waals surface area contributed by atoms with Crippen LogP contribution in [-0.2, 0) is 0 Å². The van der Waals surface area contributed by atoms with Crippen LogP contribution in [0.4, 0.5) is 0 Å². The van der Waals surface area contributed by atoms with Gasteiger partial charge in [-0.05, 0) is 159 Å². The van der Waals surface area contributed by atoms with E-state index in [0.29, 0.717) is 0 Å². The molecule has 8 rings (SSSR count). The molecule has 0 bridgehead atoms. The van der Waals surface area contributed by atoms with Crippen LogP contribution in [-0.4, -0.2) is 39.9 Å². The maximum absolute atomic E-state index is 4.34. The molecule has 6 heterocycles. The van der Waals surface area contributed by atoms with Crippen molar-refractivity contribution in [1.29, 1.82) is 0 Å². The molecule has 0 aliphatic heterocycles. The Bertz CT molecular complexity index is 2080. The van der Waals surface area contributed by atoms with E-state index in [1.807, 2.05) is 103 Å². The first-order valence-corrected chi connectivity index (χ1v) is 18.7. The molecule has 8 heteroatoms. The molecule has 0 unspecified atom stereocenters. The van der Waals surface area contributed by atoms with Crippen molar-refractivity contribution in [2.45, 2.75) is 83.1 Å². The minimum Gasteiger partial charge on any atom is -0.262 e. The Kier molecular flexibility index (Phi) is 18.0. The van der Waals surface area contributed by atoms with E-state index in [1.165, 1.54) is 38.8 Å². The van der Waals surface area contributed by atoms with Gasteiger partial charge in [-0.3, -0.25) is 29.9 Å². The Morgan fingerprint density at radius 3 is 1.27 bits per heavy atom. The third kappa shape index (κ3) is 15.2. The van der Waals surface area contributed by atoms with Crippen LogP contribution in [0, 0.1) is 83.1 Å². The number of nitrogens with zero attached hydrogens (tertiary/aromatic N) is 8. The van der Waals surface area contributed by atoms with Gasteiger partial charge in [0.15, 0.2) is 0 Å². The Morgan fingerprint density at radius 2 is 0.839 bits per heavy atom. The molecule has 0 fully saturated rings. The fraction of sp³-hybridized carbons (Fsp3) is 0.250. The van der Waals surface area contributed by atoms with Gasteiger partial charge >= 0.3 is 0 Å². The molecule has 0 atom stereocenters. The molecular weight excluding hydrogens is 689 g/mol. The molecule has 0 N–H and O–H groups in total. The van der Waals surface area contributed by atoms with Crippen LogP contribution in [0.15, 0.2) is 122 Å². The molecule has 0 aliphatic carbocycles. The summed E-state index contributed by atoms with van der Waals surface area (Å²) in [6, 6.07) is 28.4. The number of benzene rings is 2. The van der Waals surface area contributed by atoms with Crippen molar-refractivity contribution in [1.82, 2.24) is 39.9 Å². The fourth-order valence-corrected chi connectivity index (χ4v) is 5.29. The number of hydrogen-bond acceptors (Lipinski definition) is 8. The SMILES string of the molecule is Cc1ccc(C)c2ncccc12.Cc1ccc(C)c2nccnc12.Cc1cccc(C)n1.Cc1cccnc1C.Cc1ccnc(C)c1.Cc1ccnc(C)n1. The van der Waals surface area contributed by atoms with Crippen LogP contribution in [0.25, 0.3) is 21.9 Å². The van der Waals surface area contributed by atoms with Gasteiger partial charge in [-0.1, -0.05) is 42.5 Å². The Morgan fingerprint density at radius 1 is 0.321 bits per heavy atom. The number of fused-ring (bicyclic) bond motifs is 2. The summed E-state index contributed by atoms with van der Waals surface area (Å²) in [6.45, 7) is 24.3. The third-order valence-electron chi connectivity index (χ3n) is 8.48. The minimum atomic E-state index is 0.838. The van der Waals surface area contributed by atoms with E-state index >= 15 is 0 Å². The highest BCUT2D eigenvalue weighted by Gasteiger charge is 2.01.